The molecule has 1 rings (SSSR count). The summed E-state index contributed by atoms with van der Waals surface area (Å²) in [6, 6.07) is 7.50. The number of nitrogen functional groups attached to an aromatic ring is 1. The minimum absolute atomic E-state index is 0.0724. The Kier molecular flexibility index (Phi) is 12.9. The predicted molar refractivity (Wildman–Crippen MR) is 113 cm³/mol. The van der Waals surface area contributed by atoms with Gasteiger partial charge in [-0.2, -0.15) is 0 Å². The molecule has 0 aliphatic carbocycles. The number of unbranched alkanes of at least 4 members (excludes halogenated alkanes) is 10. The third-order valence-corrected chi connectivity index (χ3v) is 4.86. The molecule has 1 aromatic carbocycles. The molecule has 27 heavy (non-hydrogen) atoms. The summed E-state index contributed by atoms with van der Waals surface area (Å²) < 4.78 is 0. The first-order valence-corrected chi connectivity index (χ1v) is 10.7. The maximum Gasteiger partial charge on any atom is 0.122 e. The van der Waals surface area contributed by atoms with Crippen LogP contribution in [0.2, 0.25) is 0 Å². The number of benzene rings is 1. The van der Waals surface area contributed by atoms with Crippen molar-refractivity contribution >= 4 is 5.84 Å². The highest BCUT2D eigenvalue weighted by Crippen LogP contribution is 2.12. The lowest BCUT2D eigenvalue weighted by Gasteiger charge is -2.13. The van der Waals surface area contributed by atoms with Gasteiger partial charge in [0.1, 0.15) is 5.84 Å². The summed E-state index contributed by atoms with van der Waals surface area (Å²) in [4.78, 5) is 0. The van der Waals surface area contributed by atoms with Crippen LogP contribution < -0.4 is 16.2 Å². The maximum absolute atomic E-state index is 11.9. The van der Waals surface area contributed by atoms with Crippen LogP contribution in [0.5, 0.6) is 0 Å². The Morgan fingerprint density at radius 2 is 1.44 bits per heavy atom. The number of allylic oxidation sites excluding steroid dienone is 1. The van der Waals surface area contributed by atoms with Crippen LogP contribution in [-0.4, -0.2) is 5.84 Å². The molecule has 0 bridgehead atoms. The Labute approximate surface area is 165 Å². The van der Waals surface area contributed by atoms with E-state index in [1.807, 2.05) is 24.3 Å². The van der Waals surface area contributed by atoms with Crippen LogP contribution in [0.3, 0.4) is 0 Å². The van der Waals surface area contributed by atoms with Gasteiger partial charge in [0.05, 0.1) is 0 Å². The fourth-order valence-corrected chi connectivity index (χ4v) is 3.12. The van der Waals surface area contributed by atoms with Gasteiger partial charge in [-0.3, -0.25) is 5.41 Å². The van der Waals surface area contributed by atoms with E-state index in [9.17, 15) is 5.11 Å². The third-order valence-electron chi connectivity index (χ3n) is 4.86. The number of rotatable bonds is 16. The van der Waals surface area contributed by atoms with Crippen molar-refractivity contribution in [2.24, 2.45) is 5.73 Å². The molecule has 0 saturated heterocycles. The van der Waals surface area contributed by atoms with Crippen LogP contribution >= 0.6 is 0 Å². The quantitative estimate of drug-likeness (QED) is 0.166. The van der Waals surface area contributed by atoms with Crippen molar-refractivity contribution in [3.8, 4) is 0 Å². The van der Waals surface area contributed by atoms with Crippen molar-refractivity contribution in [3.05, 3.63) is 47.4 Å². The molecule has 1 aromatic rings. The zero-order valence-electron chi connectivity index (χ0n) is 17.1. The summed E-state index contributed by atoms with van der Waals surface area (Å²) in [5, 5.41) is 22.3. The number of amidine groups is 1. The lowest BCUT2D eigenvalue weighted by atomic mass is 10.1. The van der Waals surface area contributed by atoms with Gasteiger partial charge in [-0.05, 0) is 18.2 Å². The monoisotopic (exact) mass is 372 g/mol. The lowest BCUT2D eigenvalue weighted by Crippen LogP contribution is -2.13. The molecule has 4 nitrogen and oxygen atoms in total. The van der Waals surface area contributed by atoms with Crippen molar-refractivity contribution in [2.45, 2.75) is 90.5 Å². The Bertz CT molecular complexity index is 537. The van der Waals surface area contributed by atoms with Gasteiger partial charge in [-0.1, -0.05) is 102 Å². The first kappa shape index (κ1) is 23.1. The van der Waals surface area contributed by atoms with Gasteiger partial charge in [0.15, 0.2) is 0 Å². The van der Waals surface area contributed by atoms with E-state index in [1.165, 1.54) is 57.8 Å². The van der Waals surface area contributed by atoms with Crippen LogP contribution in [0.15, 0.2) is 36.2 Å². The van der Waals surface area contributed by atoms with E-state index in [0.29, 0.717) is 13.0 Å². The van der Waals surface area contributed by atoms with Crippen molar-refractivity contribution in [1.82, 2.24) is 5.32 Å². The second-order valence-electron chi connectivity index (χ2n) is 7.39. The zero-order valence-corrected chi connectivity index (χ0v) is 17.1. The molecule has 0 aromatic heterocycles. The van der Waals surface area contributed by atoms with E-state index in [1.54, 1.807) is 6.20 Å². The molecule has 152 valence electrons. The van der Waals surface area contributed by atoms with Crippen molar-refractivity contribution in [3.63, 3.8) is 0 Å². The molecule has 0 spiro atoms. The van der Waals surface area contributed by atoms with Crippen LogP contribution in [0.4, 0.5) is 0 Å². The molecular weight excluding hydrogens is 334 g/mol. The smallest absolute Gasteiger partial charge is 0.122 e. The zero-order chi connectivity index (χ0) is 19.7. The second kappa shape index (κ2) is 15.1. The largest absolute Gasteiger partial charge is 0.874 e. The van der Waals surface area contributed by atoms with Gasteiger partial charge in [0.25, 0.3) is 0 Å². The molecule has 0 amide bonds. The molecule has 0 unspecified atom stereocenters. The average molecular weight is 373 g/mol. The first-order valence-electron chi connectivity index (χ1n) is 10.7. The molecule has 0 aliphatic rings. The third kappa shape index (κ3) is 12.1. The highest BCUT2D eigenvalue weighted by Gasteiger charge is 1.96. The summed E-state index contributed by atoms with van der Waals surface area (Å²) in [5.74, 6) is 0.245. The Morgan fingerprint density at radius 3 is 1.96 bits per heavy atom. The fraction of sp³-hybridized carbons (Fsp3) is 0.609. The van der Waals surface area contributed by atoms with E-state index in [0.717, 1.165) is 24.0 Å². The molecule has 0 aliphatic heterocycles. The van der Waals surface area contributed by atoms with Crippen LogP contribution in [-0.2, 0) is 6.54 Å². The van der Waals surface area contributed by atoms with E-state index < -0.39 is 0 Å². The van der Waals surface area contributed by atoms with Gasteiger partial charge >= 0.3 is 0 Å². The van der Waals surface area contributed by atoms with Gasteiger partial charge in [0, 0.05) is 12.1 Å². The van der Waals surface area contributed by atoms with Crippen molar-refractivity contribution in [1.29, 1.82) is 5.41 Å². The maximum atomic E-state index is 11.9. The molecular formula is C23H38N3O-. The number of nitrogens with two attached hydrogens (primary N) is 1. The standard InChI is InChI=1S/C23H39N3O/c1-2-3-4-5-6-7-8-9-10-11-12-13-22(27)19-26-18-20-14-16-21(17-15-20)23(24)25/h14-17,19,26-27H,2-13,18H2,1H3,(H3,24,25)/p-1. The molecule has 0 saturated carbocycles. The van der Waals surface area contributed by atoms with Gasteiger partial charge in [0.2, 0.25) is 0 Å². The molecule has 0 fully saturated rings. The number of hydrogen-bond donors (Lipinski definition) is 3. The van der Waals surface area contributed by atoms with Crippen molar-refractivity contribution in [2.75, 3.05) is 0 Å². The summed E-state index contributed by atoms with van der Waals surface area (Å²) in [7, 11) is 0. The van der Waals surface area contributed by atoms with E-state index in [-0.39, 0.29) is 11.6 Å². The molecule has 4 N–H and O–H groups in total. The van der Waals surface area contributed by atoms with Crippen LogP contribution in [0, 0.1) is 5.41 Å². The Morgan fingerprint density at radius 1 is 0.926 bits per heavy atom. The average Bonchev–Trinajstić information content (AvgIpc) is 2.66. The van der Waals surface area contributed by atoms with Crippen LogP contribution in [0.25, 0.3) is 0 Å². The number of nitrogens with one attached hydrogen (secondary N) is 2. The summed E-state index contributed by atoms with van der Waals surface area (Å²) in [6.45, 7) is 2.87. The summed E-state index contributed by atoms with van der Waals surface area (Å²) in [5.41, 5.74) is 7.22. The highest BCUT2D eigenvalue weighted by atomic mass is 16.3. The van der Waals surface area contributed by atoms with E-state index in [4.69, 9.17) is 11.1 Å². The second-order valence-corrected chi connectivity index (χ2v) is 7.39. The molecule has 0 heterocycles. The Hall–Kier alpha value is -1.97. The minimum atomic E-state index is 0.0724. The summed E-state index contributed by atoms with van der Waals surface area (Å²) >= 11 is 0. The summed E-state index contributed by atoms with van der Waals surface area (Å²) in [6.07, 6.45) is 16.5. The fourth-order valence-electron chi connectivity index (χ4n) is 3.12. The molecule has 4 heteroatoms. The van der Waals surface area contributed by atoms with E-state index in [2.05, 4.69) is 12.2 Å². The Balaban J connectivity index is 2.00. The molecule has 0 atom stereocenters. The lowest BCUT2D eigenvalue weighted by molar-refractivity contribution is -0.307. The molecule has 0 radical (unpaired) electrons. The minimum Gasteiger partial charge on any atom is -0.874 e. The van der Waals surface area contributed by atoms with Crippen molar-refractivity contribution < 1.29 is 5.11 Å². The first-order chi connectivity index (χ1) is 13.1. The van der Waals surface area contributed by atoms with Crippen LogP contribution in [0.1, 0.15) is 95.1 Å². The highest BCUT2D eigenvalue weighted by molar-refractivity contribution is 5.94. The SMILES string of the molecule is CCCCCCCCCCCCCC([O-])=CNCc1ccc(C(=N)N)cc1. The normalized spacial score (nSPS) is 11.5. The van der Waals surface area contributed by atoms with Gasteiger partial charge in [-0.15, -0.1) is 5.76 Å². The van der Waals surface area contributed by atoms with E-state index >= 15 is 0 Å². The topological polar surface area (TPSA) is 85.0 Å². The van der Waals surface area contributed by atoms with Gasteiger partial charge in [-0.25, -0.2) is 0 Å². The van der Waals surface area contributed by atoms with Gasteiger partial charge < -0.3 is 16.2 Å². The predicted octanol–water partition coefficient (Wildman–Crippen LogP) is 4.96. The number of hydrogen-bond acceptors (Lipinski definition) is 3.